The topological polar surface area (TPSA) is 116 Å². The van der Waals surface area contributed by atoms with Gasteiger partial charge in [0.1, 0.15) is 5.75 Å². The first kappa shape index (κ1) is 18.3. The lowest BCUT2D eigenvalue weighted by Gasteiger charge is -2.09. The summed E-state index contributed by atoms with van der Waals surface area (Å²) in [6.45, 7) is 1.88. The average molecular weight is 390 g/mol. The van der Waals surface area contributed by atoms with Crippen LogP contribution >= 0.6 is 0 Å². The minimum Gasteiger partial charge on any atom is -0.496 e. The zero-order valence-corrected chi connectivity index (χ0v) is 15.8. The first-order chi connectivity index (χ1) is 14.1. The van der Waals surface area contributed by atoms with E-state index in [0.29, 0.717) is 34.1 Å². The van der Waals surface area contributed by atoms with Gasteiger partial charge in [0, 0.05) is 17.3 Å². The SMILES string of the molecule is COc1cc(Nc2ncc(-c3c(C)cccc3C(N)=O)o2)ccc1-c1cnco1. The number of oxazole rings is 2. The van der Waals surface area contributed by atoms with Crippen LogP contribution < -0.4 is 15.8 Å². The molecular weight excluding hydrogens is 372 g/mol. The van der Waals surface area contributed by atoms with Crippen LogP contribution in [0.3, 0.4) is 0 Å². The summed E-state index contributed by atoms with van der Waals surface area (Å²) in [5.41, 5.74) is 8.84. The number of hydrogen-bond acceptors (Lipinski definition) is 7. The predicted molar refractivity (Wildman–Crippen MR) is 107 cm³/mol. The van der Waals surface area contributed by atoms with Crippen LogP contribution in [0.1, 0.15) is 15.9 Å². The summed E-state index contributed by atoms with van der Waals surface area (Å²) in [6.07, 6.45) is 4.53. The summed E-state index contributed by atoms with van der Waals surface area (Å²) in [7, 11) is 1.58. The van der Waals surface area contributed by atoms with Crippen molar-refractivity contribution in [3.8, 4) is 28.4 Å². The zero-order chi connectivity index (χ0) is 20.4. The molecule has 0 fully saturated rings. The molecule has 2 aromatic carbocycles. The molecule has 8 nitrogen and oxygen atoms in total. The average Bonchev–Trinajstić information content (AvgIpc) is 3.40. The van der Waals surface area contributed by atoms with E-state index >= 15 is 0 Å². The van der Waals surface area contributed by atoms with Crippen molar-refractivity contribution >= 4 is 17.6 Å². The second-order valence-electron chi connectivity index (χ2n) is 6.30. The second-order valence-corrected chi connectivity index (χ2v) is 6.30. The molecule has 0 bridgehead atoms. The number of nitrogens with two attached hydrogens (primary N) is 1. The fourth-order valence-corrected chi connectivity index (χ4v) is 3.09. The number of benzene rings is 2. The number of carbonyl (C=O) groups is 1. The number of primary amides is 1. The Morgan fingerprint density at radius 2 is 2.03 bits per heavy atom. The number of hydrogen-bond donors (Lipinski definition) is 2. The predicted octanol–water partition coefficient (Wildman–Crippen LogP) is 4.16. The van der Waals surface area contributed by atoms with Crippen molar-refractivity contribution in [1.29, 1.82) is 0 Å². The molecule has 146 valence electrons. The maximum Gasteiger partial charge on any atom is 0.299 e. The Hall–Kier alpha value is -4.07. The number of aryl methyl sites for hydroxylation is 1. The van der Waals surface area contributed by atoms with E-state index in [9.17, 15) is 4.79 Å². The quantitative estimate of drug-likeness (QED) is 0.508. The van der Waals surface area contributed by atoms with E-state index in [4.69, 9.17) is 19.3 Å². The molecule has 0 saturated carbocycles. The van der Waals surface area contributed by atoms with Gasteiger partial charge in [-0.3, -0.25) is 4.79 Å². The number of carbonyl (C=O) groups excluding carboxylic acids is 1. The molecule has 8 heteroatoms. The minimum absolute atomic E-state index is 0.271. The Morgan fingerprint density at radius 3 is 2.76 bits per heavy atom. The number of amides is 1. The Labute approximate surface area is 166 Å². The summed E-state index contributed by atoms with van der Waals surface area (Å²) in [5, 5.41) is 3.09. The number of methoxy groups -OCH3 is 1. The van der Waals surface area contributed by atoms with Crippen molar-refractivity contribution < 1.29 is 18.4 Å². The molecule has 0 aliphatic heterocycles. The fraction of sp³-hybridized carbons (Fsp3) is 0.0952. The molecule has 2 heterocycles. The number of nitrogens with zero attached hydrogens (tertiary/aromatic N) is 2. The van der Waals surface area contributed by atoms with E-state index in [1.54, 1.807) is 37.7 Å². The van der Waals surface area contributed by atoms with Crippen LogP contribution in [-0.2, 0) is 0 Å². The molecule has 0 atom stereocenters. The van der Waals surface area contributed by atoms with Gasteiger partial charge in [-0.15, -0.1) is 0 Å². The third kappa shape index (κ3) is 3.55. The number of rotatable bonds is 6. The Kier molecular flexibility index (Phi) is 4.74. The van der Waals surface area contributed by atoms with E-state index in [1.165, 1.54) is 6.39 Å². The Bertz CT molecular complexity index is 1170. The monoisotopic (exact) mass is 390 g/mol. The lowest BCUT2D eigenvalue weighted by molar-refractivity contribution is 0.100. The third-order valence-corrected chi connectivity index (χ3v) is 4.44. The highest BCUT2D eigenvalue weighted by molar-refractivity contribution is 6.00. The van der Waals surface area contributed by atoms with Crippen molar-refractivity contribution in [3.63, 3.8) is 0 Å². The maximum absolute atomic E-state index is 11.8. The molecule has 0 spiro atoms. The summed E-state index contributed by atoms with van der Waals surface area (Å²) >= 11 is 0. The summed E-state index contributed by atoms with van der Waals surface area (Å²) in [5.74, 6) is 1.13. The lowest BCUT2D eigenvalue weighted by atomic mass is 10.00. The third-order valence-electron chi connectivity index (χ3n) is 4.44. The minimum atomic E-state index is -0.526. The lowest BCUT2D eigenvalue weighted by Crippen LogP contribution is -2.12. The summed E-state index contributed by atoms with van der Waals surface area (Å²) < 4.78 is 16.6. The highest BCUT2D eigenvalue weighted by Crippen LogP contribution is 2.34. The number of nitrogens with one attached hydrogen (secondary N) is 1. The van der Waals surface area contributed by atoms with Crippen molar-refractivity contribution in [2.24, 2.45) is 5.73 Å². The molecule has 0 unspecified atom stereocenters. The number of aromatic nitrogens is 2. The van der Waals surface area contributed by atoms with Gasteiger partial charge in [-0.25, -0.2) is 9.97 Å². The highest BCUT2D eigenvalue weighted by Gasteiger charge is 2.17. The van der Waals surface area contributed by atoms with E-state index in [1.807, 2.05) is 25.1 Å². The molecule has 2 aromatic heterocycles. The van der Waals surface area contributed by atoms with Crippen LogP contribution in [0, 0.1) is 6.92 Å². The highest BCUT2D eigenvalue weighted by atomic mass is 16.5. The Morgan fingerprint density at radius 1 is 1.17 bits per heavy atom. The second kappa shape index (κ2) is 7.51. The van der Waals surface area contributed by atoms with E-state index in [-0.39, 0.29) is 6.01 Å². The first-order valence-corrected chi connectivity index (χ1v) is 8.76. The van der Waals surface area contributed by atoms with Gasteiger partial charge < -0.3 is 24.6 Å². The van der Waals surface area contributed by atoms with Gasteiger partial charge in [0.15, 0.2) is 17.9 Å². The van der Waals surface area contributed by atoms with Crippen LogP contribution in [-0.4, -0.2) is 23.0 Å². The fourth-order valence-electron chi connectivity index (χ4n) is 3.09. The van der Waals surface area contributed by atoms with Crippen LogP contribution in [0.4, 0.5) is 11.7 Å². The van der Waals surface area contributed by atoms with Crippen LogP contribution in [0.15, 0.2) is 64.0 Å². The van der Waals surface area contributed by atoms with Crippen molar-refractivity contribution in [2.75, 3.05) is 12.4 Å². The number of ether oxygens (including phenoxy) is 1. The van der Waals surface area contributed by atoms with E-state index in [2.05, 4.69) is 15.3 Å². The molecule has 0 saturated heterocycles. The van der Waals surface area contributed by atoms with Gasteiger partial charge in [-0.05, 0) is 30.7 Å². The maximum atomic E-state index is 11.8. The molecule has 4 aromatic rings. The van der Waals surface area contributed by atoms with Gasteiger partial charge in [-0.2, -0.15) is 0 Å². The molecule has 4 rings (SSSR count). The summed E-state index contributed by atoms with van der Waals surface area (Å²) in [4.78, 5) is 19.9. The van der Waals surface area contributed by atoms with Crippen LogP contribution in [0.5, 0.6) is 5.75 Å². The van der Waals surface area contributed by atoms with Gasteiger partial charge >= 0.3 is 0 Å². The molecule has 0 aliphatic carbocycles. The van der Waals surface area contributed by atoms with Gasteiger partial charge in [0.25, 0.3) is 6.01 Å². The van der Waals surface area contributed by atoms with E-state index < -0.39 is 5.91 Å². The van der Waals surface area contributed by atoms with Crippen LogP contribution in [0.2, 0.25) is 0 Å². The first-order valence-electron chi connectivity index (χ1n) is 8.76. The molecule has 29 heavy (non-hydrogen) atoms. The zero-order valence-electron chi connectivity index (χ0n) is 15.8. The largest absolute Gasteiger partial charge is 0.496 e. The number of anilines is 2. The van der Waals surface area contributed by atoms with E-state index in [0.717, 1.165) is 11.1 Å². The molecular formula is C21H18N4O4. The molecule has 0 aliphatic rings. The van der Waals surface area contributed by atoms with Gasteiger partial charge in [0.05, 0.1) is 30.6 Å². The van der Waals surface area contributed by atoms with Crippen LogP contribution in [0.25, 0.3) is 22.6 Å². The molecule has 0 radical (unpaired) electrons. The standard InChI is InChI=1S/C21H18N4O4/c1-12-4-3-5-15(20(22)26)19(12)18-10-24-21(29-18)25-13-6-7-14(16(8-13)27-2)17-9-23-11-28-17/h3-11H,1-2H3,(H2,22,26)(H,24,25). The summed E-state index contributed by atoms with van der Waals surface area (Å²) in [6, 6.07) is 11.1. The Balaban J connectivity index is 1.63. The van der Waals surface area contributed by atoms with Crippen molar-refractivity contribution in [2.45, 2.75) is 6.92 Å². The molecule has 3 N–H and O–H groups in total. The smallest absolute Gasteiger partial charge is 0.299 e. The molecule has 1 amide bonds. The van der Waals surface area contributed by atoms with Gasteiger partial charge in [-0.1, -0.05) is 12.1 Å². The van der Waals surface area contributed by atoms with Gasteiger partial charge in [0.2, 0.25) is 5.91 Å². The van der Waals surface area contributed by atoms with Crippen molar-refractivity contribution in [1.82, 2.24) is 9.97 Å². The normalized spacial score (nSPS) is 10.7. The van der Waals surface area contributed by atoms with Crippen molar-refractivity contribution in [3.05, 3.63) is 66.3 Å².